The van der Waals surface area contributed by atoms with Gasteiger partial charge in [-0.2, -0.15) is 26.3 Å². The number of nitrogens with one attached hydrogen (secondary N) is 2. The van der Waals surface area contributed by atoms with E-state index in [-0.39, 0.29) is 5.75 Å². The summed E-state index contributed by atoms with van der Waals surface area (Å²) in [6.45, 7) is 2.03. The first-order valence-corrected chi connectivity index (χ1v) is 15.7. The molecule has 0 saturated heterocycles. The maximum Gasteiger partial charge on any atom is 0.490 e. The van der Waals surface area contributed by atoms with Crippen molar-refractivity contribution in [3.05, 3.63) is 95.8 Å². The van der Waals surface area contributed by atoms with Crippen molar-refractivity contribution in [2.45, 2.75) is 36.6 Å². The van der Waals surface area contributed by atoms with Crippen LogP contribution >= 0.6 is 11.8 Å². The van der Waals surface area contributed by atoms with Crippen LogP contribution in [-0.4, -0.2) is 62.8 Å². The lowest BCUT2D eigenvalue weighted by Crippen LogP contribution is -2.21. The van der Waals surface area contributed by atoms with Gasteiger partial charge in [-0.3, -0.25) is 0 Å². The van der Waals surface area contributed by atoms with E-state index in [4.69, 9.17) is 35.3 Å². The quantitative estimate of drug-likeness (QED) is 0.0776. The fraction of sp³-hybridized carbons (Fsp3) is 0.212. The number of nitrogens with two attached hydrogens (primary N) is 1. The number of hydrogen-bond acceptors (Lipinski definition) is 8. The number of halogens is 7. The zero-order valence-electron chi connectivity index (χ0n) is 26.9. The normalized spacial score (nSPS) is 11.8. The Kier molecular flexibility index (Phi) is 13.2. The summed E-state index contributed by atoms with van der Waals surface area (Å²) >= 11 is 1.67. The van der Waals surface area contributed by atoms with Crippen LogP contribution in [0, 0.1) is 5.82 Å². The molecule has 2 aromatic heterocycles. The fourth-order valence-corrected chi connectivity index (χ4v) is 5.09. The second-order valence-electron chi connectivity index (χ2n) is 10.3. The van der Waals surface area contributed by atoms with Crippen LogP contribution in [0.1, 0.15) is 29.9 Å². The second-order valence-corrected chi connectivity index (χ2v) is 11.1. The fourth-order valence-electron chi connectivity index (χ4n) is 4.48. The molecule has 6 N–H and O–H groups in total. The molecule has 5 aromatic rings. The van der Waals surface area contributed by atoms with Crippen LogP contribution in [-0.2, 0) is 16.0 Å². The molecular formula is C33H30F7N5O5S. The summed E-state index contributed by atoms with van der Waals surface area (Å²) in [5.74, 6) is -4.67. The number of alkyl halides is 6. The number of imidazole rings is 1. The molecule has 1 atom stereocenters. The molecule has 0 spiro atoms. The van der Waals surface area contributed by atoms with Gasteiger partial charge in [-0.25, -0.2) is 23.9 Å². The van der Waals surface area contributed by atoms with E-state index < -0.39 is 36.2 Å². The predicted octanol–water partition coefficient (Wildman–Crippen LogP) is 8.11. The number of nitrogens with zero attached hydrogens (tertiary/aromatic N) is 2. The minimum atomic E-state index is -5.08. The van der Waals surface area contributed by atoms with Gasteiger partial charge in [0.2, 0.25) is 0 Å². The number of anilines is 2. The molecule has 10 nitrogen and oxygen atoms in total. The van der Waals surface area contributed by atoms with Crippen LogP contribution in [0.5, 0.6) is 5.75 Å². The number of aromatic amines is 1. The number of H-pyrrole nitrogens is 1. The number of methoxy groups -OCH3 is 1. The summed E-state index contributed by atoms with van der Waals surface area (Å²) in [4.78, 5) is 31.2. The number of aromatic nitrogens is 3. The van der Waals surface area contributed by atoms with Crippen LogP contribution < -0.4 is 15.8 Å². The first kappa shape index (κ1) is 39.9. The van der Waals surface area contributed by atoms with Crippen molar-refractivity contribution >= 4 is 46.0 Å². The number of ether oxygens (including phenoxy) is 1. The highest BCUT2D eigenvalue weighted by atomic mass is 32.2. The molecular weight excluding hydrogens is 711 g/mol. The SMILES string of the molecule is CCc1cc(OC)c(F)c(C(Nc2ccc3c(N)nccc3c2)c2ncc(-c3ccccc3SC)[nH]2)c1.O=C(O)C(F)(F)F.O=C(O)C(F)(F)F. The molecule has 0 fully saturated rings. The standard InChI is InChI=1S/C29H28FN5OS.2C2HF3O2/c1-4-17-13-22(26(30)24(14-17)36-2)27(34-19-9-10-20-18(15-19)11-12-32-28(20)31)29-33-16-23(35-29)21-7-5-6-8-25(21)37-3;2*3-2(4,5)1(6)7/h5-16,27,34H,4H2,1-3H3,(H2,31,32)(H,33,35);2*(H,6,7). The number of thioether (sulfide) groups is 1. The van der Waals surface area contributed by atoms with E-state index in [0.29, 0.717) is 17.2 Å². The Hall–Kier alpha value is -5.52. The number of aliphatic carboxylic acids is 2. The van der Waals surface area contributed by atoms with Crippen molar-refractivity contribution in [1.29, 1.82) is 0 Å². The molecule has 0 aliphatic heterocycles. The predicted molar refractivity (Wildman–Crippen MR) is 177 cm³/mol. The highest BCUT2D eigenvalue weighted by Crippen LogP contribution is 2.36. The molecule has 0 radical (unpaired) electrons. The van der Waals surface area contributed by atoms with Gasteiger partial charge in [-0.15, -0.1) is 11.8 Å². The minimum Gasteiger partial charge on any atom is -0.494 e. The first-order valence-electron chi connectivity index (χ1n) is 14.5. The lowest BCUT2D eigenvalue weighted by atomic mass is 9.99. The van der Waals surface area contributed by atoms with Gasteiger partial charge in [-0.05, 0) is 60.0 Å². The molecule has 51 heavy (non-hydrogen) atoms. The number of nitrogen functional groups attached to an aromatic ring is 1. The average molecular weight is 742 g/mol. The highest BCUT2D eigenvalue weighted by Gasteiger charge is 2.39. The zero-order chi connectivity index (χ0) is 38.1. The van der Waals surface area contributed by atoms with E-state index in [9.17, 15) is 26.3 Å². The van der Waals surface area contributed by atoms with Crippen LogP contribution in [0.3, 0.4) is 0 Å². The van der Waals surface area contributed by atoms with Crippen molar-refractivity contribution < 1.29 is 55.3 Å². The molecule has 0 amide bonds. The lowest BCUT2D eigenvalue weighted by Gasteiger charge is -2.21. The summed E-state index contributed by atoms with van der Waals surface area (Å²) in [5.41, 5.74) is 10.2. The van der Waals surface area contributed by atoms with Crippen LogP contribution in [0.15, 0.2) is 78.0 Å². The number of pyridine rings is 1. The van der Waals surface area contributed by atoms with Gasteiger partial charge in [0.25, 0.3) is 0 Å². The minimum absolute atomic E-state index is 0.206. The van der Waals surface area contributed by atoms with Gasteiger partial charge in [0.05, 0.1) is 19.0 Å². The number of hydrogen-bond donors (Lipinski definition) is 5. The summed E-state index contributed by atoms with van der Waals surface area (Å²) in [6, 6.07) is 18.8. The molecule has 0 aliphatic carbocycles. The van der Waals surface area contributed by atoms with Gasteiger partial charge < -0.3 is 31.0 Å². The Bertz CT molecular complexity index is 1960. The monoisotopic (exact) mass is 741 g/mol. The Morgan fingerprint density at radius 3 is 2.18 bits per heavy atom. The van der Waals surface area contributed by atoms with E-state index in [1.165, 1.54) is 7.11 Å². The molecule has 3 aromatic carbocycles. The van der Waals surface area contributed by atoms with Crippen LogP contribution in [0.25, 0.3) is 22.0 Å². The summed E-state index contributed by atoms with van der Waals surface area (Å²) in [7, 11) is 1.48. The molecule has 0 saturated carbocycles. The number of benzene rings is 3. The lowest BCUT2D eigenvalue weighted by molar-refractivity contribution is -0.193. The summed E-state index contributed by atoms with van der Waals surface area (Å²) < 4.78 is 84.6. The third kappa shape index (κ3) is 10.5. The molecule has 0 bridgehead atoms. The smallest absolute Gasteiger partial charge is 0.490 e. The van der Waals surface area contributed by atoms with Crippen LogP contribution in [0.2, 0.25) is 0 Å². The molecule has 272 valence electrons. The van der Waals surface area contributed by atoms with E-state index in [0.717, 1.165) is 44.6 Å². The van der Waals surface area contributed by atoms with E-state index in [1.54, 1.807) is 30.2 Å². The molecule has 18 heteroatoms. The van der Waals surface area contributed by atoms with Crippen molar-refractivity contribution in [3.63, 3.8) is 0 Å². The molecule has 5 rings (SSSR count). The largest absolute Gasteiger partial charge is 0.494 e. The number of rotatable bonds is 8. The Morgan fingerprint density at radius 2 is 1.61 bits per heavy atom. The number of carboxylic acids is 2. The molecule has 2 heterocycles. The maximum absolute atomic E-state index is 15.7. The third-order valence-corrected chi connectivity index (χ3v) is 7.72. The van der Waals surface area contributed by atoms with Crippen molar-refractivity contribution in [3.8, 4) is 17.0 Å². The zero-order valence-corrected chi connectivity index (χ0v) is 27.7. The topological polar surface area (TPSA) is 163 Å². The Balaban J connectivity index is 0.000000424. The first-order chi connectivity index (χ1) is 23.9. The van der Waals surface area contributed by atoms with Gasteiger partial charge in [0.15, 0.2) is 11.6 Å². The Labute approximate surface area is 289 Å². The van der Waals surface area contributed by atoms with Gasteiger partial charge in [0, 0.05) is 33.3 Å². The number of carbonyl (C=O) groups is 2. The van der Waals surface area contributed by atoms with Crippen LogP contribution in [0.4, 0.5) is 42.2 Å². The number of carboxylic acid groups (broad SMARTS) is 2. The van der Waals surface area contributed by atoms with E-state index in [1.807, 2.05) is 55.6 Å². The van der Waals surface area contributed by atoms with Crippen molar-refractivity contribution in [2.75, 3.05) is 24.4 Å². The molecule has 0 aliphatic rings. The van der Waals surface area contributed by atoms with Gasteiger partial charge in [0.1, 0.15) is 17.7 Å². The van der Waals surface area contributed by atoms with E-state index in [2.05, 4.69) is 27.4 Å². The van der Waals surface area contributed by atoms with Crippen molar-refractivity contribution in [2.24, 2.45) is 0 Å². The third-order valence-electron chi connectivity index (χ3n) is 6.92. The van der Waals surface area contributed by atoms with Crippen molar-refractivity contribution in [1.82, 2.24) is 15.0 Å². The number of fused-ring (bicyclic) bond motifs is 1. The average Bonchev–Trinajstić information content (AvgIpc) is 3.57. The highest BCUT2D eigenvalue weighted by molar-refractivity contribution is 7.98. The van der Waals surface area contributed by atoms with E-state index >= 15 is 4.39 Å². The number of aryl methyl sites for hydroxylation is 1. The molecule has 1 unspecified atom stereocenters. The summed E-state index contributed by atoms with van der Waals surface area (Å²) in [6.07, 6.45) is -3.91. The second kappa shape index (κ2) is 16.9. The maximum atomic E-state index is 15.7. The van der Waals surface area contributed by atoms with Gasteiger partial charge in [-0.1, -0.05) is 31.2 Å². The Morgan fingerprint density at radius 1 is 0.980 bits per heavy atom. The summed E-state index contributed by atoms with van der Waals surface area (Å²) in [5, 5.41) is 19.6. The van der Waals surface area contributed by atoms with Gasteiger partial charge >= 0.3 is 24.3 Å².